The third-order valence-electron chi connectivity index (χ3n) is 6.70. The van der Waals surface area contributed by atoms with Crippen molar-refractivity contribution in [2.75, 3.05) is 3.71 Å². The van der Waals surface area contributed by atoms with Crippen LogP contribution in [0.5, 0.6) is 5.75 Å². The van der Waals surface area contributed by atoms with Gasteiger partial charge in [-0.25, -0.2) is 25.3 Å². The molecule has 9 nitrogen and oxygen atoms in total. The largest absolute Gasteiger partial charge is 0.506 e. The van der Waals surface area contributed by atoms with Gasteiger partial charge in [-0.3, -0.25) is 4.98 Å². The smallest absolute Gasteiger partial charge is 0.277 e. The van der Waals surface area contributed by atoms with Gasteiger partial charge in [0.2, 0.25) is 9.84 Å². The van der Waals surface area contributed by atoms with Gasteiger partial charge in [0.1, 0.15) is 10.6 Å². The Morgan fingerprint density at radius 2 is 1.05 bits per heavy atom. The quantitative estimate of drug-likeness (QED) is 0.259. The Labute approximate surface area is 244 Å². The Morgan fingerprint density at radius 3 is 1.50 bits per heavy atom. The van der Waals surface area contributed by atoms with Gasteiger partial charge in [-0.15, -0.1) is 0 Å². The summed E-state index contributed by atoms with van der Waals surface area (Å²) < 4.78 is 84.7. The molecule has 5 aromatic rings. The molecule has 0 fully saturated rings. The molecule has 0 spiro atoms. The van der Waals surface area contributed by atoms with E-state index < -0.39 is 46.2 Å². The molecule has 0 saturated carbocycles. The summed E-state index contributed by atoms with van der Waals surface area (Å²) in [4.78, 5) is 2.65. The molecule has 4 aromatic carbocycles. The number of aryl methyl sites for hydroxylation is 3. The van der Waals surface area contributed by atoms with Gasteiger partial charge < -0.3 is 5.11 Å². The van der Waals surface area contributed by atoms with Crippen molar-refractivity contribution in [3.05, 3.63) is 114 Å². The number of hydrogen-bond donors (Lipinski definition) is 1. The molecule has 0 amide bonds. The zero-order chi connectivity index (χ0) is 30.4. The van der Waals surface area contributed by atoms with Crippen LogP contribution in [0.1, 0.15) is 16.7 Å². The Kier molecular flexibility index (Phi) is 7.34. The monoisotopic (exact) mass is 622 g/mol. The topological polar surface area (TPSA) is 139 Å². The molecule has 0 radical (unpaired) electrons. The van der Waals surface area contributed by atoms with Crippen LogP contribution in [0.2, 0.25) is 0 Å². The maximum Gasteiger partial charge on any atom is 0.277 e. The second-order valence-electron chi connectivity index (χ2n) is 9.79. The third-order valence-corrected chi connectivity index (χ3v) is 12.7. The maximum absolute atomic E-state index is 14.2. The Bertz CT molecular complexity index is 2070. The lowest BCUT2D eigenvalue weighted by molar-refractivity contribution is 0.465. The minimum atomic E-state index is -4.89. The molecule has 0 bridgehead atoms. The highest BCUT2D eigenvalue weighted by Crippen LogP contribution is 2.43. The van der Waals surface area contributed by atoms with Gasteiger partial charge in [0.15, 0.2) is 0 Å². The van der Waals surface area contributed by atoms with Crippen molar-refractivity contribution in [2.24, 2.45) is 0 Å². The van der Waals surface area contributed by atoms with E-state index in [-0.39, 0.29) is 29.3 Å². The number of phenols is 1. The summed E-state index contributed by atoms with van der Waals surface area (Å²) in [5, 5.41) is 11.0. The Balaban J connectivity index is 1.90. The first-order chi connectivity index (χ1) is 19.7. The number of pyridine rings is 1. The maximum atomic E-state index is 14.2. The highest BCUT2D eigenvalue weighted by molar-refractivity contribution is 8.10. The van der Waals surface area contributed by atoms with E-state index in [1.54, 1.807) is 32.9 Å². The van der Waals surface area contributed by atoms with Crippen LogP contribution in [0.4, 0.5) is 5.69 Å². The molecule has 0 atom stereocenters. The van der Waals surface area contributed by atoms with Gasteiger partial charge >= 0.3 is 0 Å². The molecule has 1 aromatic heterocycles. The molecule has 216 valence electrons. The first-order valence-electron chi connectivity index (χ1n) is 12.6. The van der Waals surface area contributed by atoms with E-state index in [2.05, 4.69) is 4.98 Å². The number of phenolic OH excluding ortho intramolecular Hbond substituents is 1. The second kappa shape index (κ2) is 10.5. The van der Waals surface area contributed by atoms with E-state index >= 15 is 0 Å². The molecule has 5 rings (SSSR count). The van der Waals surface area contributed by atoms with E-state index in [4.69, 9.17) is 0 Å². The van der Waals surface area contributed by atoms with Crippen LogP contribution in [0.15, 0.2) is 117 Å². The number of sulfonamides is 2. The van der Waals surface area contributed by atoms with Crippen LogP contribution < -0.4 is 3.71 Å². The molecule has 0 unspecified atom stereocenters. The number of nitrogens with zero attached hydrogens (tertiary/aromatic N) is 2. The number of hydrogen-bond acceptors (Lipinski definition) is 8. The number of aromatic hydroxyl groups is 1. The Hall–Kier alpha value is -4.26. The summed E-state index contributed by atoms with van der Waals surface area (Å²) in [6, 6.07) is 20.6. The fraction of sp³-hybridized carbons (Fsp3) is 0.100. The van der Waals surface area contributed by atoms with Gasteiger partial charge in [-0.2, -0.15) is 3.71 Å². The standard InChI is InChI=1S/C30H26N2O7S3/c1-20-6-12-23(13-7-20)40(34,35)28-19-27(29-26(30(28)33)5-4-18-31-29)32(41(36,37)24-14-8-21(2)9-15-24)42(38,39)25-16-10-22(3)11-17-25/h4-19,33H,1-3H3. The van der Waals surface area contributed by atoms with Crippen LogP contribution in [0.3, 0.4) is 0 Å². The van der Waals surface area contributed by atoms with Crippen molar-refractivity contribution in [1.82, 2.24) is 4.98 Å². The minimum absolute atomic E-state index is 0.149. The van der Waals surface area contributed by atoms with E-state index in [9.17, 15) is 30.4 Å². The molecule has 0 aliphatic rings. The predicted octanol–water partition coefficient (Wildman–Crippen LogP) is 5.28. The average molecular weight is 623 g/mol. The molecule has 0 saturated heterocycles. The third kappa shape index (κ3) is 5.02. The van der Waals surface area contributed by atoms with Gasteiger partial charge in [0.05, 0.1) is 25.9 Å². The van der Waals surface area contributed by atoms with Gasteiger partial charge in [0.25, 0.3) is 20.0 Å². The number of rotatable bonds is 7. The molecular weight excluding hydrogens is 597 g/mol. The number of fused-ring (bicyclic) bond motifs is 1. The summed E-state index contributed by atoms with van der Waals surface area (Å²) in [6.07, 6.45) is 1.29. The highest BCUT2D eigenvalue weighted by atomic mass is 32.3. The zero-order valence-corrected chi connectivity index (χ0v) is 25.2. The minimum Gasteiger partial charge on any atom is -0.506 e. The molecule has 0 aliphatic heterocycles. The summed E-state index contributed by atoms with van der Waals surface area (Å²) in [5.41, 5.74) is 1.48. The zero-order valence-electron chi connectivity index (χ0n) is 22.8. The summed E-state index contributed by atoms with van der Waals surface area (Å²) in [5.74, 6) is -0.692. The predicted molar refractivity (Wildman–Crippen MR) is 159 cm³/mol. The molecule has 12 heteroatoms. The molecule has 42 heavy (non-hydrogen) atoms. The van der Waals surface area contributed by atoms with E-state index in [0.717, 1.165) is 22.8 Å². The first kappa shape index (κ1) is 29.2. The average Bonchev–Trinajstić information content (AvgIpc) is 2.95. The number of aromatic nitrogens is 1. The van der Waals surface area contributed by atoms with Gasteiger partial charge in [0, 0.05) is 11.6 Å². The fourth-order valence-corrected chi connectivity index (χ4v) is 9.45. The summed E-state index contributed by atoms with van der Waals surface area (Å²) >= 11 is 0. The van der Waals surface area contributed by atoms with E-state index in [0.29, 0.717) is 0 Å². The normalized spacial score (nSPS) is 12.4. The molecular formula is C30H26N2O7S3. The van der Waals surface area contributed by atoms with Crippen molar-refractivity contribution >= 4 is 46.5 Å². The summed E-state index contributed by atoms with van der Waals surface area (Å²) in [6.45, 7) is 5.27. The molecule has 0 aliphatic carbocycles. The molecule has 1 heterocycles. The van der Waals surface area contributed by atoms with Crippen molar-refractivity contribution in [3.63, 3.8) is 0 Å². The summed E-state index contributed by atoms with van der Waals surface area (Å²) in [7, 11) is -14.2. The lowest BCUT2D eigenvalue weighted by Gasteiger charge is -2.26. The number of benzene rings is 4. The van der Waals surface area contributed by atoms with Crippen molar-refractivity contribution in [2.45, 2.75) is 40.4 Å². The van der Waals surface area contributed by atoms with Gasteiger partial charge in [-0.1, -0.05) is 53.1 Å². The highest BCUT2D eigenvalue weighted by Gasteiger charge is 2.40. The second-order valence-corrected chi connectivity index (χ2v) is 15.5. The lowest BCUT2D eigenvalue weighted by Crippen LogP contribution is -2.37. The SMILES string of the molecule is Cc1ccc(S(=O)(=O)c2cc(N(S(=O)(=O)c3ccc(C)cc3)S(=O)(=O)c3ccc(C)cc3)c3ncccc3c2O)cc1. The first-order valence-corrected chi connectivity index (χ1v) is 17.0. The van der Waals surface area contributed by atoms with Crippen LogP contribution in [-0.4, -0.2) is 35.3 Å². The van der Waals surface area contributed by atoms with Crippen molar-refractivity contribution in [3.8, 4) is 5.75 Å². The fourth-order valence-electron chi connectivity index (χ4n) is 4.38. The van der Waals surface area contributed by atoms with Crippen LogP contribution in [-0.2, 0) is 29.9 Å². The van der Waals surface area contributed by atoms with E-state index in [1.807, 2.05) is 0 Å². The lowest BCUT2D eigenvalue weighted by atomic mass is 10.2. The van der Waals surface area contributed by atoms with E-state index in [1.165, 1.54) is 79.0 Å². The van der Waals surface area contributed by atoms with Crippen molar-refractivity contribution in [1.29, 1.82) is 0 Å². The molecule has 1 N–H and O–H groups in total. The number of sulfone groups is 1. The Morgan fingerprint density at radius 1 is 0.619 bits per heavy atom. The van der Waals surface area contributed by atoms with Gasteiger partial charge in [-0.05, 0) is 75.4 Å². The van der Waals surface area contributed by atoms with Crippen LogP contribution in [0.25, 0.3) is 10.9 Å². The van der Waals surface area contributed by atoms with Crippen LogP contribution >= 0.6 is 0 Å². The van der Waals surface area contributed by atoms with Crippen molar-refractivity contribution < 1.29 is 30.4 Å². The number of anilines is 1. The van der Waals surface area contributed by atoms with Crippen LogP contribution in [0, 0.1) is 20.8 Å².